The Morgan fingerprint density at radius 2 is 2.00 bits per heavy atom. The lowest BCUT2D eigenvalue weighted by molar-refractivity contribution is 0.197. The minimum Gasteiger partial charge on any atom is -0.489 e. The number of nitrogens with zero attached hydrogens (tertiary/aromatic N) is 1. The van der Waals surface area contributed by atoms with Gasteiger partial charge in [-0.1, -0.05) is 12.1 Å². The molecule has 0 amide bonds. The predicted molar refractivity (Wildman–Crippen MR) is 80.1 cm³/mol. The van der Waals surface area contributed by atoms with Crippen molar-refractivity contribution >= 4 is 12.4 Å². The summed E-state index contributed by atoms with van der Waals surface area (Å²) in [5, 5.41) is 3.66. The summed E-state index contributed by atoms with van der Waals surface area (Å²) in [4.78, 5) is 2.43. The second-order valence-corrected chi connectivity index (χ2v) is 5.51. The van der Waals surface area contributed by atoms with Gasteiger partial charge in [-0.3, -0.25) is 4.90 Å². The fourth-order valence-electron chi connectivity index (χ4n) is 3.06. The number of halogens is 2. The van der Waals surface area contributed by atoms with E-state index in [2.05, 4.69) is 10.2 Å². The molecule has 2 heterocycles. The third-order valence-electron chi connectivity index (χ3n) is 4.11. The second kappa shape index (κ2) is 7.25. The molecular formula is C15H22ClFN2O. The minimum atomic E-state index is -0.279. The smallest absolute Gasteiger partial charge is 0.165 e. The number of fused-ring (bicyclic) bond motifs is 2. The lowest BCUT2D eigenvalue weighted by Crippen LogP contribution is -2.37. The maximum atomic E-state index is 13.4. The van der Waals surface area contributed by atoms with Crippen LogP contribution in [-0.2, 0) is 0 Å². The summed E-state index contributed by atoms with van der Waals surface area (Å²) in [5.74, 6) is 0.0797. The van der Waals surface area contributed by atoms with Crippen LogP contribution >= 0.6 is 12.4 Å². The van der Waals surface area contributed by atoms with Crippen LogP contribution in [0.5, 0.6) is 5.75 Å². The molecule has 2 bridgehead atoms. The van der Waals surface area contributed by atoms with E-state index in [4.69, 9.17) is 4.74 Å². The van der Waals surface area contributed by atoms with Crippen molar-refractivity contribution in [2.75, 3.05) is 26.2 Å². The Hall–Kier alpha value is -0.840. The number of rotatable bonds is 4. The molecule has 1 N–H and O–H groups in total. The summed E-state index contributed by atoms with van der Waals surface area (Å²) in [6.45, 7) is 3.64. The Morgan fingerprint density at radius 1 is 1.20 bits per heavy atom. The molecule has 2 saturated heterocycles. The lowest BCUT2D eigenvalue weighted by atomic mass is 10.1. The van der Waals surface area contributed by atoms with Crippen molar-refractivity contribution < 1.29 is 9.13 Å². The van der Waals surface area contributed by atoms with Gasteiger partial charge in [-0.05, 0) is 37.9 Å². The highest BCUT2D eigenvalue weighted by Gasteiger charge is 2.28. The Bertz CT molecular complexity index is 432. The summed E-state index contributed by atoms with van der Waals surface area (Å²) < 4.78 is 18.9. The predicted octanol–water partition coefficient (Wildman–Crippen LogP) is 2.45. The van der Waals surface area contributed by atoms with Gasteiger partial charge in [0.15, 0.2) is 11.6 Å². The first-order valence-corrected chi connectivity index (χ1v) is 7.17. The van der Waals surface area contributed by atoms with E-state index in [9.17, 15) is 4.39 Å². The van der Waals surface area contributed by atoms with Gasteiger partial charge in [0.2, 0.25) is 0 Å². The normalized spacial score (nSPS) is 25.9. The van der Waals surface area contributed by atoms with E-state index >= 15 is 0 Å². The van der Waals surface area contributed by atoms with Crippen LogP contribution in [-0.4, -0.2) is 43.2 Å². The molecule has 2 fully saturated rings. The van der Waals surface area contributed by atoms with Crippen LogP contribution < -0.4 is 10.1 Å². The SMILES string of the molecule is Cl.Fc1ccccc1OCCN1CCC2CCC(C1)N2. The number of hydrogen-bond donors (Lipinski definition) is 1. The van der Waals surface area contributed by atoms with Gasteiger partial charge in [0.1, 0.15) is 6.61 Å². The van der Waals surface area contributed by atoms with Crippen molar-refractivity contribution in [1.82, 2.24) is 10.2 Å². The summed E-state index contributed by atoms with van der Waals surface area (Å²) in [6, 6.07) is 7.95. The van der Waals surface area contributed by atoms with E-state index < -0.39 is 0 Å². The van der Waals surface area contributed by atoms with Crippen molar-refractivity contribution in [1.29, 1.82) is 0 Å². The maximum absolute atomic E-state index is 13.4. The van der Waals surface area contributed by atoms with Gasteiger partial charge in [0, 0.05) is 25.2 Å². The minimum absolute atomic E-state index is 0. The Balaban J connectivity index is 0.00000147. The van der Waals surface area contributed by atoms with Crippen molar-refractivity contribution in [2.45, 2.75) is 31.3 Å². The average Bonchev–Trinajstić information content (AvgIpc) is 2.74. The Labute approximate surface area is 125 Å². The highest BCUT2D eigenvalue weighted by molar-refractivity contribution is 5.85. The number of benzene rings is 1. The highest BCUT2D eigenvalue weighted by Crippen LogP contribution is 2.20. The van der Waals surface area contributed by atoms with Crippen LogP contribution in [0.4, 0.5) is 4.39 Å². The van der Waals surface area contributed by atoms with E-state index in [0.29, 0.717) is 24.4 Å². The topological polar surface area (TPSA) is 24.5 Å². The molecular weight excluding hydrogens is 279 g/mol. The highest BCUT2D eigenvalue weighted by atomic mass is 35.5. The molecule has 2 atom stereocenters. The van der Waals surface area contributed by atoms with Gasteiger partial charge in [-0.2, -0.15) is 0 Å². The first-order valence-electron chi connectivity index (χ1n) is 7.17. The van der Waals surface area contributed by atoms with Crippen LogP contribution in [0.2, 0.25) is 0 Å². The van der Waals surface area contributed by atoms with Crippen LogP contribution in [0, 0.1) is 5.82 Å². The molecule has 20 heavy (non-hydrogen) atoms. The van der Waals surface area contributed by atoms with Crippen molar-refractivity contribution in [3.8, 4) is 5.75 Å². The molecule has 1 aromatic rings. The van der Waals surface area contributed by atoms with Gasteiger partial charge in [0.25, 0.3) is 0 Å². The maximum Gasteiger partial charge on any atom is 0.165 e. The molecule has 0 saturated carbocycles. The summed E-state index contributed by atoms with van der Waals surface area (Å²) >= 11 is 0. The standard InChI is InChI=1S/C15H21FN2O.ClH/c16-14-3-1-2-4-15(14)19-10-9-18-8-7-12-5-6-13(11-18)17-12;/h1-4,12-13,17H,5-11H2;1H. The van der Waals surface area contributed by atoms with Crippen LogP contribution in [0.15, 0.2) is 24.3 Å². The zero-order valence-electron chi connectivity index (χ0n) is 11.6. The Morgan fingerprint density at radius 3 is 2.85 bits per heavy atom. The largest absolute Gasteiger partial charge is 0.489 e. The zero-order chi connectivity index (χ0) is 13.1. The van der Waals surface area contributed by atoms with E-state index in [0.717, 1.165) is 19.6 Å². The molecule has 0 aromatic heterocycles. The van der Waals surface area contributed by atoms with Gasteiger partial charge >= 0.3 is 0 Å². The molecule has 1 aromatic carbocycles. The summed E-state index contributed by atoms with van der Waals surface area (Å²) in [5.41, 5.74) is 0. The van der Waals surface area contributed by atoms with Gasteiger partial charge < -0.3 is 10.1 Å². The van der Waals surface area contributed by atoms with Gasteiger partial charge in [-0.15, -0.1) is 12.4 Å². The monoisotopic (exact) mass is 300 g/mol. The molecule has 112 valence electrons. The zero-order valence-corrected chi connectivity index (χ0v) is 12.4. The summed E-state index contributed by atoms with van der Waals surface area (Å²) in [6.07, 6.45) is 3.83. The molecule has 5 heteroatoms. The van der Waals surface area contributed by atoms with Crippen LogP contribution in [0.3, 0.4) is 0 Å². The average molecular weight is 301 g/mol. The van der Waals surface area contributed by atoms with Gasteiger partial charge in [0.05, 0.1) is 0 Å². The molecule has 0 radical (unpaired) electrons. The molecule has 0 aliphatic carbocycles. The fourth-order valence-corrected chi connectivity index (χ4v) is 3.06. The number of likely N-dealkylation sites (tertiary alicyclic amines) is 1. The summed E-state index contributed by atoms with van der Waals surface area (Å²) in [7, 11) is 0. The molecule has 2 aliphatic rings. The number of ether oxygens (including phenoxy) is 1. The van der Waals surface area contributed by atoms with E-state index in [-0.39, 0.29) is 18.2 Å². The molecule has 2 aliphatic heterocycles. The molecule has 3 nitrogen and oxygen atoms in total. The third kappa shape index (κ3) is 3.84. The van der Waals surface area contributed by atoms with Crippen molar-refractivity contribution in [3.05, 3.63) is 30.1 Å². The van der Waals surface area contributed by atoms with Gasteiger partial charge in [-0.25, -0.2) is 4.39 Å². The second-order valence-electron chi connectivity index (χ2n) is 5.51. The quantitative estimate of drug-likeness (QED) is 0.924. The van der Waals surface area contributed by atoms with Crippen molar-refractivity contribution in [2.24, 2.45) is 0 Å². The van der Waals surface area contributed by atoms with Crippen LogP contribution in [0.1, 0.15) is 19.3 Å². The van der Waals surface area contributed by atoms with Crippen LogP contribution in [0.25, 0.3) is 0 Å². The first kappa shape index (κ1) is 15.5. The Kier molecular flexibility index (Phi) is 5.64. The third-order valence-corrected chi connectivity index (χ3v) is 4.11. The number of hydrogen-bond acceptors (Lipinski definition) is 3. The number of para-hydroxylation sites is 1. The van der Waals surface area contributed by atoms with E-state index in [1.54, 1.807) is 18.2 Å². The van der Waals surface area contributed by atoms with Crippen molar-refractivity contribution in [3.63, 3.8) is 0 Å². The molecule has 0 spiro atoms. The van der Waals surface area contributed by atoms with E-state index in [1.165, 1.54) is 25.3 Å². The molecule has 3 rings (SSSR count). The molecule has 2 unspecified atom stereocenters. The fraction of sp³-hybridized carbons (Fsp3) is 0.600. The lowest BCUT2D eigenvalue weighted by Gasteiger charge is -2.23. The first-order chi connectivity index (χ1) is 9.31. The van der Waals surface area contributed by atoms with E-state index in [1.807, 2.05) is 0 Å². The number of nitrogens with one attached hydrogen (secondary N) is 1.